The van der Waals surface area contributed by atoms with Crippen LogP contribution in [0.15, 0.2) is 48.6 Å². The van der Waals surface area contributed by atoms with Crippen molar-refractivity contribution in [2.24, 2.45) is 0 Å². The molecule has 0 fully saturated rings. The number of rotatable bonds is 60. The Labute approximate surface area is 478 Å². The van der Waals surface area contributed by atoms with Gasteiger partial charge in [-0.1, -0.05) is 269 Å². The minimum Gasteiger partial charge on any atom is -0.456 e. The molecule has 0 aromatic carbocycles. The number of nitrogens with one attached hydrogen (secondary N) is 1. The van der Waals surface area contributed by atoms with Crippen LogP contribution in [0.1, 0.15) is 316 Å². The van der Waals surface area contributed by atoms with Crippen molar-refractivity contribution in [2.75, 3.05) is 40.9 Å². The average molecular weight is 1100 g/mol. The van der Waals surface area contributed by atoms with Gasteiger partial charge >= 0.3 is 13.8 Å². The van der Waals surface area contributed by atoms with Gasteiger partial charge < -0.3 is 19.4 Å². The predicted molar refractivity (Wildman–Crippen MR) is 332 cm³/mol. The number of esters is 1. The zero-order valence-electron chi connectivity index (χ0n) is 51.7. The van der Waals surface area contributed by atoms with Crippen molar-refractivity contribution in [3.05, 3.63) is 48.6 Å². The first-order chi connectivity index (χ1) is 37.4. The number of quaternary nitrogens is 1. The minimum absolute atomic E-state index is 0.0359. The second-order valence-electron chi connectivity index (χ2n) is 23.7. The molecule has 0 saturated carbocycles. The highest BCUT2D eigenvalue weighted by molar-refractivity contribution is 7.47. The highest BCUT2D eigenvalue weighted by Gasteiger charge is 2.30. The van der Waals surface area contributed by atoms with Crippen molar-refractivity contribution in [3.63, 3.8) is 0 Å². The molecule has 0 aromatic rings. The van der Waals surface area contributed by atoms with Gasteiger partial charge in [-0.05, 0) is 83.1 Å². The number of carbonyl (C=O) groups excluding carboxylic acids is 2. The molecule has 2 N–H and O–H groups in total. The third-order valence-corrected chi connectivity index (χ3v) is 15.8. The third kappa shape index (κ3) is 58.4. The van der Waals surface area contributed by atoms with Gasteiger partial charge in [0.05, 0.1) is 33.8 Å². The first kappa shape index (κ1) is 75.0. The van der Waals surface area contributed by atoms with Crippen molar-refractivity contribution in [3.8, 4) is 0 Å². The summed E-state index contributed by atoms with van der Waals surface area (Å²) < 4.78 is 30.7. The van der Waals surface area contributed by atoms with E-state index in [2.05, 4.69) is 62.5 Å². The van der Waals surface area contributed by atoms with Gasteiger partial charge in [-0.25, -0.2) is 4.57 Å². The second kappa shape index (κ2) is 57.2. The number of unbranched alkanes of at least 4 members (excludes halogenated alkanes) is 39. The SMILES string of the molecule is CCCCCCCC/C=C/CCCCCCCCCCCCCCCC(=O)OC(/C=C\CCCCCCCCCCCC)C(COP(=O)(O)OCC[N+](C)(C)C)NC(=O)CCCCC/C=C/C=C/CCCCCCCCC. The molecule has 3 unspecified atom stereocenters. The van der Waals surface area contributed by atoms with E-state index in [1.807, 2.05) is 33.3 Å². The molecule has 0 aliphatic carbocycles. The van der Waals surface area contributed by atoms with Crippen LogP contribution in [-0.4, -0.2) is 74.3 Å². The lowest BCUT2D eigenvalue weighted by Gasteiger charge is -2.27. The fourth-order valence-electron chi connectivity index (χ4n) is 9.63. The van der Waals surface area contributed by atoms with Crippen LogP contribution in [0.2, 0.25) is 0 Å². The van der Waals surface area contributed by atoms with Crippen LogP contribution in [0.3, 0.4) is 0 Å². The van der Waals surface area contributed by atoms with Crippen molar-refractivity contribution in [1.82, 2.24) is 5.32 Å². The smallest absolute Gasteiger partial charge is 0.456 e. The lowest BCUT2D eigenvalue weighted by Crippen LogP contribution is -2.47. The first-order valence-corrected chi connectivity index (χ1v) is 34.5. The predicted octanol–water partition coefficient (Wildman–Crippen LogP) is 20.5. The molecular formula is C67H128N2O7P+. The summed E-state index contributed by atoms with van der Waals surface area (Å²) in [6.07, 6.45) is 71.2. The van der Waals surface area contributed by atoms with Crippen LogP contribution in [0, 0.1) is 0 Å². The Bertz CT molecular complexity index is 1460. The Morgan fingerprint density at radius 1 is 0.455 bits per heavy atom. The van der Waals surface area contributed by atoms with Gasteiger partial charge in [0.1, 0.15) is 19.3 Å². The summed E-state index contributed by atoms with van der Waals surface area (Å²) in [6, 6.07) is -0.861. The summed E-state index contributed by atoms with van der Waals surface area (Å²) in [5.74, 6) is -0.525. The lowest BCUT2D eigenvalue weighted by molar-refractivity contribution is -0.870. The Morgan fingerprint density at radius 3 is 1.19 bits per heavy atom. The number of carbonyl (C=O) groups is 2. The molecule has 0 aliphatic heterocycles. The van der Waals surface area contributed by atoms with E-state index >= 15 is 0 Å². The summed E-state index contributed by atoms with van der Waals surface area (Å²) in [5, 5.41) is 3.05. The van der Waals surface area contributed by atoms with Crippen molar-refractivity contribution in [2.45, 2.75) is 328 Å². The molecule has 0 spiro atoms. The van der Waals surface area contributed by atoms with Crippen LogP contribution in [0.4, 0.5) is 0 Å². The van der Waals surface area contributed by atoms with E-state index in [0.717, 1.165) is 64.2 Å². The van der Waals surface area contributed by atoms with E-state index in [4.69, 9.17) is 13.8 Å². The molecule has 0 aromatic heterocycles. The number of hydrogen-bond acceptors (Lipinski definition) is 6. The van der Waals surface area contributed by atoms with Gasteiger partial charge in [-0.15, -0.1) is 0 Å². The lowest BCUT2D eigenvalue weighted by atomic mass is 10.0. The van der Waals surface area contributed by atoms with E-state index in [-0.39, 0.29) is 31.5 Å². The summed E-state index contributed by atoms with van der Waals surface area (Å²) in [4.78, 5) is 37.7. The molecule has 3 atom stereocenters. The van der Waals surface area contributed by atoms with E-state index in [9.17, 15) is 19.0 Å². The summed E-state index contributed by atoms with van der Waals surface area (Å²) in [6.45, 7) is 7.01. The number of phosphoric acid groups is 1. The molecule has 0 saturated heterocycles. The molecule has 0 radical (unpaired) electrons. The zero-order chi connectivity index (χ0) is 56.4. The molecule has 10 heteroatoms. The number of likely N-dealkylation sites (N-methyl/N-ethyl adjacent to an activating group) is 1. The fraction of sp³-hybridized carbons (Fsp3) is 0.851. The van der Waals surface area contributed by atoms with Gasteiger partial charge in [-0.3, -0.25) is 18.6 Å². The van der Waals surface area contributed by atoms with Crippen LogP contribution in [0.25, 0.3) is 0 Å². The summed E-state index contributed by atoms with van der Waals surface area (Å²) in [5.41, 5.74) is 0. The van der Waals surface area contributed by atoms with Crippen LogP contribution in [-0.2, 0) is 27.9 Å². The quantitative estimate of drug-likeness (QED) is 0.0156. The Balaban J connectivity index is 5.16. The number of amides is 1. The summed E-state index contributed by atoms with van der Waals surface area (Å²) >= 11 is 0. The highest BCUT2D eigenvalue weighted by atomic mass is 31.2. The monoisotopic (exact) mass is 1100 g/mol. The number of hydrogen-bond donors (Lipinski definition) is 2. The summed E-state index contributed by atoms with van der Waals surface area (Å²) in [7, 11) is 1.49. The normalized spacial score (nSPS) is 13.9. The maximum absolute atomic E-state index is 13.5. The fourth-order valence-corrected chi connectivity index (χ4v) is 10.4. The Kier molecular flexibility index (Phi) is 55.7. The van der Waals surface area contributed by atoms with E-state index in [0.29, 0.717) is 23.9 Å². The number of allylic oxidation sites excluding steroid dienone is 7. The van der Waals surface area contributed by atoms with Gasteiger partial charge in [-0.2, -0.15) is 0 Å². The second-order valence-corrected chi connectivity index (χ2v) is 25.1. The van der Waals surface area contributed by atoms with Gasteiger partial charge in [0, 0.05) is 12.8 Å². The van der Waals surface area contributed by atoms with Crippen LogP contribution in [0.5, 0.6) is 0 Å². The van der Waals surface area contributed by atoms with Gasteiger partial charge in [0.15, 0.2) is 0 Å². The molecule has 77 heavy (non-hydrogen) atoms. The highest BCUT2D eigenvalue weighted by Crippen LogP contribution is 2.43. The van der Waals surface area contributed by atoms with Gasteiger partial charge in [0.25, 0.3) is 0 Å². The van der Waals surface area contributed by atoms with E-state index in [1.165, 1.54) is 212 Å². The molecule has 452 valence electrons. The maximum atomic E-state index is 13.5. The van der Waals surface area contributed by atoms with E-state index < -0.39 is 20.0 Å². The number of nitrogens with zero attached hydrogens (tertiary/aromatic N) is 1. The topological polar surface area (TPSA) is 111 Å². The maximum Gasteiger partial charge on any atom is 0.472 e. The molecular weight excluding hydrogens is 976 g/mol. The molecule has 0 aliphatic rings. The van der Waals surface area contributed by atoms with Crippen molar-refractivity contribution >= 4 is 19.7 Å². The molecule has 0 rings (SSSR count). The average Bonchev–Trinajstić information content (AvgIpc) is 3.39. The van der Waals surface area contributed by atoms with Crippen LogP contribution < -0.4 is 5.32 Å². The number of phosphoric ester groups is 1. The molecule has 0 bridgehead atoms. The number of ether oxygens (including phenoxy) is 1. The van der Waals surface area contributed by atoms with Crippen molar-refractivity contribution < 1.29 is 37.3 Å². The van der Waals surface area contributed by atoms with Crippen LogP contribution >= 0.6 is 7.82 Å². The molecule has 9 nitrogen and oxygen atoms in total. The van der Waals surface area contributed by atoms with Crippen molar-refractivity contribution in [1.29, 1.82) is 0 Å². The minimum atomic E-state index is -4.45. The largest absolute Gasteiger partial charge is 0.472 e. The zero-order valence-corrected chi connectivity index (χ0v) is 52.6. The van der Waals surface area contributed by atoms with Gasteiger partial charge in [0.2, 0.25) is 5.91 Å². The molecule has 1 amide bonds. The third-order valence-electron chi connectivity index (χ3n) is 14.8. The Hall–Kier alpha value is -2.03. The Morgan fingerprint density at radius 2 is 0.792 bits per heavy atom. The molecule has 0 heterocycles. The standard InChI is InChI=1S/C67H127N2O7P/c1-7-10-13-16-19-22-25-28-30-32-33-34-35-36-37-38-40-42-45-48-51-54-57-60-67(71)76-65(58-55-52-49-46-43-27-24-21-18-15-12-9-3)64(63-75-77(72,73)74-62-61-69(4,5)6)68-66(70)59-56-53-50-47-44-41-39-31-29-26-23-20-17-14-11-8-2/h28,30-31,39,41,44,55,58,64-65H,7-27,29,32-38,40,42-43,45-54,56-57,59-63H2,1-6H3,(H-,68,70,72,73)/p+1/b30-28+,39-31+,44-41+,58-55-. The first-order valence-electron chi connectivity index (χ1n) is 33.0. The van der Waals surface area contributed by atoms with E-state index in [1.54, 1.807) is 0 Å².